The first-order valence-corrected chi connectivity index (χ1v) is 11.5. The predicted octanol–water partition coefficient (Wildman–Crippen LogP) is 4.96. The largest absolute Gasteiger partial charge is 0.468 e. The first-order valence-electron chi connectivity index (χ1n) is 9.93. The molecule has 6 heteroatoms. The molecular formula is C24H27NO4S. The standard InChI is InChI=1S/C24H27NO4S/c1-16(2)19-9-11-21(12-10-19)30(27,28)23(22-6-5-13-29-22)15-25-24(26)20-8-7-17(3)18(4)14-20/h5-14,16,23H,15H2,1-4H3,(H,25,26)/t23-/m0/s1. The number of sulfone groups is 1. The number of carbonyl (C=O) groups excluding carboxylic acids is 1. The van der Waals surface area contributed by atoms with Crippen LogP contribution in [0.3, 0.4) is 0 Å². The summed E-state index contributed by atoms with van der Waals surface area (Å²) in [7, 11) is -3.77. The fourth-order valence-electron chi connectivity index (χ4n) is 3.21. The summed E-state index contributed by atoms with van der Waals surface area (Å²) in [6.07, 6.45) is 1.44. The second kappa shape index (κ2) is 8.88. The van der Waals surface area contributed by atoms with Gasteiger partial charge in [-0.05, 0) is 72.9 Å². The number of hydrogen-bond acceptors (Lipinski definition) is 4. The average molecular weight is 426 g/mol. The lowest BCUT2D eigenvalue weighted by Crippen LogP contribution is -2.31. The number of rotatable bonds is 7. The third-order valence-corrected chi connectivity index (χ3v) is 7.40. The lowest BCUT2D eigenvalue weighted by atomic mass is 10.0. The van der Waals surface area contributed by atoms with E-state index in [2.05, 4.69) is 19.2 Å². The van der Waals surface area contributed by atoms with Crippen LogP contribution in [0.25, 0.3) is 0 Å². The molecule has 158 valence electrons. The van der Waals surface area contributed by atoms with Crippen LogP contribution in [0.1, 0.15) is 57.8 Å². The maximum atomic E-state index is 13.3. The van der Waals surface area contributed by atoms with Gasteiger partial charge in [0, 0.05) is 12.1 Å². The van der Waals surface area contributed by atoms with Gasteiger partial charge in [-0.25, -0.2) is 8.42 Å². The van der Waals surface area contributed by atoms with E-state index in [9.17, 15) is 13.2 Å². The summed E-state index contributed by atoms with van der Waals surface area (Å²) in [6, 6.07) is 15.6. The van der Waals surface area contributed by atoms with Crippen molar-refractivity contribution in [3.8, 4) is 0 Å². The Hall–Kier alpha value is -2.86. The highest BCUT2D eigenvalue weighted by molar-refractivity contribution is 7.91. The second-order valence-electron chi connectivity index (χ2n) is 7.78. The van der Waals surface area contributed by atoms with E-state index < -0.39 is 15.1 Å². The van der Waals surface area contributed by atoms with Crippen molar-refractivity contribution in [2.75, 3.05) is 6.54 Å². The maximum Gasteiger partial charge on any atom is 0.251 e. The van der Waals surface area contributed by atoms with Gasteiger partial charge in [0.25, 0.3) is 5.91 Å². The van der Waals surface area contributed by atoms with E-state index in [1.54, 1.807) is 36.4 Å². The third kappa shape index (κ3) is 4.65. The van der Waals surface area contributed by atoms with Gasteiger partial charge >= 0.3 is 0 Å². The van der Waals surface area contributed by atoms with Crippen molar-refractivity contribution in [1.82, 2.24) is 5.32 Å². The van der Waals surface area contributed by atoms with Gasteiger partial charge in [0.15, 0.2) is 9.84 Å². The molecule has 0 bridgehead atoms. The van der Waals surface area contributed by atoms with Crippen molar-refractivity contribution >= 4 is 15.7 Å². The van der Waals surface area contributed by atoms with Gasteiger partial charge in [0.1, 0.15) is 11.0 Å². The van der Waals surface area contributed by atoms with Gasteiger partial charge in [0.2, 0.25) is 0 Å². The van der Waals surface area contributed by atoms with Crippen LogP contribution >= 0.6 is 0 Å². The molecule has 3 rings (SSSR count). The molecule has 0 aliphatic heterocycles. The molecule has 30 heavy (non-hydrogen) atoms. The van der Waals surface area contributed by atoms with Gasteiger partial charge in [-0.1, -0.05) is 32.0 Å². The molecule has 0 saturated carbocycles. The summed E-state index contributed by atoms with van der Waals surface area (Å²) >= 11 is 0. The van der Waals surface area contributed by atoms with E-state index in [0.717, 1.165) is 16.7 Å². The Morgan fingerprint density at radius 3 is 2.27 bits per heavy atom. The summed E-state index contributed by atoms with van der Waals surface area (Å²) in [5, 5.41) is 1.74. The molecule has 2 aromatic carbocycles. The summed E-state index contributed by atoms with van der Waals surface area (Å²) in [4.78, 5) is 12.8. The van der Waals surface area contributed by atoms with Gasteiger partial charge < -0.3 is 9.73 Å². The molecule has 0 saturated heterocycles. The molecular weight excluding hydrogens is 398 g/mol. The van der Waals surface area contributed by atoms with Crippen molar-refractivity contribution in [3.63, 3.8) is 0 Å². The molecule has 1 aromatic heterocycles. The van der Waals surface area contributed by atoms with Gasteiger partial charge in [-0.2, -0.15) is 0 Å². The molecule has 0 aliphatic carbocycles. The Morgan fingerprint density at radius 2 is 1.70 bits per heavy atom. The highest BCUT2D eigenvalue weighted by atomic mass is 32.2. The highest BCUT2D eigenvalue weighted by Crippen LogP contribution is 2.30. The zero-order valence-electron chi connectivity index (χ0n) is 17.7. The summed E-state index contributed by atoms with van der Waals surface area (Å²) in [5.41, 5.74) is 3.65. The van der Waals surface area contributed by atoms with Crippen molar-refractivity contribution in [3.05, 3.63) is 88.9 Å². The van der Waals surface area contributed by atoms with Crippen LogP contribution in [0.2, 0.25) is 0 Å². The smallest absolute Gasteiger partial charge is 0.251 e. The Labute approximate surface area is 178 Å². The quantitative estimate of drug-likeness (QED) is 0.580. The molecule has 0 unspecified atom stereocenters. The number of carbonyl (C=O) groups is 1. The van der Waals surface area contributed by atoms with Crippen LogP contribution in [0.5, 0.6) is 0 Å². The Balaban J connectivity index is 1.86. The molecule has 1 amide bonds. The maximum absolute atomic E-state index is 13.3. The van der Waals surface area contributed by atoms with E-state index in [1.165, 1.54) is 6.26 Å². The number of hydrogen-bond donors (Lipinski definition) is 1. The molecule has 5 nitrogen and oxygen atoms in total. The predicted molar refractivity (Wildman–Crippen MR) is 117 cm³/mol. The first-order chi connectivity index (χ1) is 14.2. The second-order valence-corrected chi connectivity index (χ2v) is 9.91. The monoisotopic (exact) mass is 425 g/mol. The summed E-state index contributed by atoms with van der Waals surface area (Å²) < 4.78 is 32.1. The first kappa shape index (κ1) is 21.8. The SMILES string of the molecule is Cc1ccc(C(=O)NC[C@@H](c2ccco2)S(=O)(=O)c2ccc(C(C)C)cc2)cc1C. The van der Waals surface area contributed by atoms with Crippen molar-refractivity contribution in [2.45, 2.75) is 43.8 Å². The van der Waals surface area contributed by atoms with Crippen LogP contribution in [0.15, 0.2) is 70.2 Å². The zero-order valence-corrected chi connectivity index (χ0v) is 18.5. The highest BCUT2D eigenvalue weighted by Gasteiger charge is 2.32. The number of benzene rings is 2. The molecule has 0 spiro atoms. The van der Waals surface area contributed by atoms with Crippen molar-refractivity contribution < 1.29 is 17.6 Å². The third-order valence-electron chi connectivity index (χ3n) is 5.33. The van der Waals surface area contributed by atoms with Crippen molar-refractivity contribution in [2.24, 2.45) is 0 Å². The molecule has 0 fully saturated rings. The molecule has 0 aliphatic rings. The fourth-order valence-corrected chi connectivity index (χ4v) is 4.80. The van der Waals surface area contributed by atoms with Crippen LogP contribution in [0, 0.1) is 13.8 Å². The van der Waals surface area contributed by atoms with E-state index >= 15 is 0 Å². The lowest BCUT2D eigenvalue weighted by Gasteiger charge is -2.17. The van der Waals surface area contributed by atoms with Gasteiger partial charge in [-0.3, -0.25) is 4.79 Å². The van der Waals surface area contributed by atoms with E-state index in [-0.39, 0.29) is 17.3 Å². The molecule has 3 aromatic rings. The van der Waals surface area contributed by atoms with E-state index in [1.807, 2.05) is 32.0 Å². The minimum Gasteiger partial charge on any atom is -0.468 e. The molecule has 1 N–H and O–H groups in total. The van der Waals surface area contributed by atoms with E-state index in [0.29, 0.717) is 17.2 Å². The van der Waals surface area contributed by atoms with Crippen LogP contribution < -0.4 is 5.32 Å². The number of furan rings is 1. The van der Waals surface area contributed by atoms with Crippen LogP contribution in [0.4, 0.5) is 0 Å². The average Bonchev–Trinajstić information content (AvgIpc) is 3.24. The summed E-state index contributed by atoms with van der Waals surface area (Å²) in [5.74, 6) is 0.281. The lowest BCUT2D eigenvalue weighted by molar-refractivity contribution is 0.0953. The topological polar surface area (TPSA) is 76.4 Å². The van der Waals surface area contributed by atoms with Crippen LogP contribution in [-0.2, 0) is 9.84 Å². The van der Waals surface area contributed by atoms with Crippen molar-refractivity contribution in [1.29, 1.82) is 0 Å². The Morgan fingerprint density at radius 1 is 1.00 bits per heavy atom. The Kier molecular flexibility index (Phi) is 6.46. The van der Waals surface area contributed by atoms with Gasteiger partial charge in [0.05, 0.1) is 11.2 Å². The van der Waals surface area contributed by atoms with Crippen LogP contribution in [-0.4, -0.2) is 20.9 Å². The summed E-state index contributed by atoms with van der Waals surface area (Å²) in [6.45, 7) is 7.92. The number of amides is 1. The molecule has 1 heterocycles. The minimum absolute atomic E-state index is 0.0897. The van der Waals surface area contributed by atoms with E-state index in [4.69, 9.17) is 4.42 Å². The number of nitrogens with one attached hydrogen (secondary N) is 1. The minimum atomic E-state index is -3.77. The Bertz CT molecular complexity index is 1110. The molecule has 1 atom stereocenters. The normalized spacial score (nSPS) is 12.7. The zero-order chi connectivity index (χ0) is 21.9. The van der Waals surface area contributed by atoms with Gasteiger partial charge in [-0.15, -0.1) is 0 Å². The fraction of sp³-hybridized carbons (Fsp3) is 0.292. The molecule has 0 radical (unpaired) electrons. The number of aryl methyl sites for hydroxylation is 2.